The highest BCUT2D eigenvalue weighted by molar-refractivity contribution is 6.13. The van der Waals surface area contributed by atoms with Gasteiger partial charge in [-0.2, -0.15) is 0 Å². The average molecular weight is 997 g/mol. The summed E-state index contributed by atoms with van der Waals surface area (Å²) in [6.07, 6.45) is 13.1. The number of anilines is 1. The number of amides is 2. The average Bonchev–Trinajstić information content (AvgIpc) is 3.76. The second kappa shape index (κ2) is 20.0. The van der Waals surface area contributed by atoms with E-state index in [1.165, 1.54) is 19.3 Å². The van der Waals surface area contributed by atoms with E-state index in [0.29, 0.717) is 72.2 Å². The predicted octanol–water partition coefficient (Wildman–Crippen LogP) is 7.33. The van der Waals surface area contributed by atoms with Crippen molar-refractivity contribution in [1.82, 2.24) is 15.5 Å². The summed E-state index contributed by atoms with van der Waals surface area (Å²) in [6.45, 7) is 3.93. The summed E-state index contributed by atoms with van der Waals surface area (Å²) in [5, 5.41) is 57.5. The highest BCUT2D eigenvalue weighted by Gasteiger charge is 2.60. The van der Waals surface area contributed by atoms with Gasteiger partial charge in [0.15, 0.2) is 17.7 Å². The van der Waals surface area contributed by atoms with E-state index in [0.717, 1.165) is 84.7 Å². The highest BCUT2D eigenvalue weighted by Crippen LogP contribution is 2.61. The zero-order valence-electron chi connectivity index (χ0n) is 42.0. The Hall–Kier alpha value is -6.10. The molecule has 7 aliphatic rings. The summed E-state index contributed by atoms with van der Waals surface area (Å²) in [4.78, 5) is 28.8. The molecule has 2 saturated carbocycles. The van der Waals surface area contributed by atoms with Gasteiger partial charge in [0, 0.05) is 76.0 Å². The van der Waals surface area contributed by atoms with E-state index in [4.69, 9.17) is 23.7 Å². The number of phenols is 1. The molecule has 0 spiro atoms. The van der Waals surface area contributed by atoms with Crippen LogP contribution in [0.25, 0.3) is 17.2 Å². The molecule has 4 aromatic carbocycles. The molecule has 73 heavy (non-hydrogen) atoms. The monoisotopic (exact) mass is 996 g/mol. The molecule has 386 valence electrons. The third-order valence-corrected chi connectivity index (χ3v) is 17.4. The van der Waals surface area contributed by atoms with Crippen molar-refractivity contribution in [2.75, 3.05) is 65.7 Å². The van der Waals surface area contributed by atoms with Crippen LogP contribution in [0.1, 0.15) is 115 Å². The Morgan fingerprint density at radius 1 is 0.877 bits per heavy atom. The Labute approximate surface area is 426 Å². The van der Waals surface area contributed by atoms with Gasteiger partial charge in [0.25, 0.3) is 11.8 Å². The molecule has 7 atom stereocenters. The number of hydrogen-bond donors (Lipinski definition) is 7. The van der Waals surface area contributed by atoms with Crippen LogP contribution < -0.4 is 39.6 Å². The molecule has 0 bridgehead atoms. The maximum atomic E-state index is 13.6. The van der Waals surface area contributed by atoms with Gasteiger partial charge in [-0.1, -0.05) is 69.0 Å². The van der Waals surface area contributed by atoms with Gasteiger partial charge in [0.05, 0.1) is 44.1 Å². The summed E-state index contributed by atoms with van der Waals surface area (Å²) in [7, 11) is 3.35. The number of ether oxygens (including phenoxy) is 5. The fraction of sp³-hybridized carbons (Fsp3) is 0.483. The maximum Gasteiger partial charge on any atom is 0.254 e. The summed E-state index contributed by atoms with van der Waals surface area (Å²) in [6, 6.07) is 15.5. The third kappa shape index (κ3) is 8.04. The molecule has 0 saturated heterocycles. The molecule has 4 aliphatic carbocycles. The first-order valence-corrected chi connectivity index (χ1v) is 26.3. The van der Waals surface area contributed by atoms with Crippen LogP contribution in [0.15, 0.2) is 66.8 Å². The van der Waals surface area contributed by atoms with Gasteiger partial charge >= 0.3 is 0 Å². The number of carbonyl (C=O) groups excluding carboxylic acids is 2. The maximum absolute atomic E-state index is 13.6. The fourth-order valence-corrected chi connectivity index (χ4v) is 14.2. The normalized spacial score (nSPS) is 25.4. The number of fused-ring (bicyclic) bond motifs is 5. The van der Waals surface area contributed by atoms with Gasteiger partial charge in [-0.15, -0.1) is 0 Å². The third-order valence-electron chi connectivity index (χ3n) is 17.4. The van der Waals surface area contributed by atoms with Crippen LogP contribution in [-0.2, 0) is 27.8 Å². The second-order valence-corrected chi connectivity index (χ2v) is 20.9. The number of methoxy groups -OCH3 is 1. The predicted molar refractivity (Wildman–Crippen MR) is 275 cm³/mol. The van der Waals surface area contributed by atoms with Gasteiger partial charge in [-0.05, 0) is 98.3 Å². The lowest BCUT2D eigenvalue weighted by Gasteiger charge is -2.60. The Kier molecular flexibility index (Phi) is 13.4. The minimum Gasteiger partial charge on any atom is -0.502 e. The van der Waals surface area contributed by atoms with Gasteiger partial charge in [-0.3, -0.25) is 19.8 Å². The Morgan fingerprint density at radius 3 is 2.42 bits per heavy atom. The van der Waals surface area contributed by atoms with Crippen LogP contribution in [0.3, 0.4) is 0 Å². The topological polar surface area (TPSA) is 201 Å². The molecule has 15 heteroatoms. The minimum absolute atomic E-state index is 0.0303. The van der Waals surface area contributed by atoms with Crippen molar-refractivity contribution >= 4 is 23.6 Å². The molecule has 2 amide bonds. The van der Waals surface area contributed by atoms with Gasteiger partial charge in [0.1, 0.15) is 30.6 Å². The lowest BCUT2D eigenvalue weighted by Crippen LogP contribution is -2.64. The van der Waals surface area contributed by atoms with Crippen molar-refractivity contribution < 1.29 is 53.7 Å². The number of aromatic hydroxyl groups is 1. The van der Waals surface area contributed by atoms with Gasteiger partial charge in [0.2, 0.25) is 5.75 Å². The van der Waals surface area contributed by atoms with Crippen molar-refractivity contribution in [1.29, 1.82) is 0 Å². The van der Waals surface area contributed by atoms with Crippen LogP contribution in [0.5, 0.6) is 34.5 Å². The van der Waals surface area contributed by atoms with Crippen molar-refractivity contribution in [2.24, 2.45) is 17.8 Å². The number of carbonyl (C=O) groups is 2. The number of nitrogens with one attached hydrogen (secondary N) is 3. The van der Waals surface area contributed by atoms with E-state index in [1.54, 1.807) is 17.0 Å². The molecule has 4 aromatic rings. The second-order valence-electron chi connectivity index (χ2n) is 20.9. The summed E-state index contributed by atoms with van der Waals surface area (Å²) < 4.78 is 31.7. The lowest BCUT2D eigenvalue weighted by molar-refractivity contribution is -0.153. The van der Waals surface area contributed by atoms with E-state index in [9.17, 15) is 30.0 Å². The first-order chi connectivity index (χ1) is 35.6. The van der Waals surface area contributed by atoms with Crippen LogP contribution in [0.4, 0.5) is 5.69 Å². The zero-order valence-corrected chi connectivity index (χ0v) is 42.0. The number of benzene rings is 4. The Morgan fingerprint density at radius 2 is 1.66 bits per heavy atom. The number of phenolic OH excluding ortho intramolecular Hbond substituents is 1. The minimum atomic E-state index is -1.07. The summed E-state index contributed by atoms with van der Waals surface area (Å²) in [5.41, 5.74) is 7.02. The molecule has 7 N–H and O–H groups in total. The Balaban J connectivity index is 0.935. The fourth-order valence-electron chi connectivity index (χ4n) is 14.2. The molecular formula is C58H68N4O11. The van der Waals surface area contributed by atoms with Crippen LogP contribution in [-0.4, -0.2) is 103 Å². The lowest BCUT2D eigenvalue weighted by atomic mass is 9.47. The number of likely N-dealkylation sites (N-methyl/N-ethyl adjacent to an activating group) is 1. The Bertz CT molecular complexity index is 2840. The molecule has 15 nitrogen and oxygen atoms in total. The van der Waals surface area contributed by atoms with Crippen LogP contribution in [0.2, 0.25) is 0 Å². The summed E-state index contributed by atoms with van der Waals surface area (Å²) in [5.74, 6) is 0.0449. The van der Waals surface area contributed by atoms with Crippen molar-refractivity contribution in [3.8, 4) is 45.6 Å². The van der Waals surface area contributed by atoms with Crippen molar-refractivity contribution in [3.63, 3.8) is 0 Å². The number of aliphatic hydroxyl groups excluding tert-OH is 3. The smallest absolute Gasteiger partial charge is 0.254 e. The van der Waals surface area contributed by atoms with Gasteiger partial charge < -0.3 is 54.7 Å². The number of hydrogen-bond acceptors (Lipinski definition) is 14. The molecule has 11 rings (SSSR count). The number of rotatable bonds is 17. The zero-order chi connectivity index (χ0) is 50.6. The van der Waals surface area contributed by atoms with E-state index in [2.05, 4.69) is 40.2 Å². The first kappa shape index (κ1) is 49.1. The van der Waals surface area contributed by atoms with E-state index >= 15 is 0 Å². The first-order valence-electron chi connectivity index (χ1n) is 26.3. The van der Waals surface area contributed by atoms with E-state index < -0.39 is 35.1 Å². The van der Waals surface area contributed by atoms with Crippen molar-refractivity contribution in [3.05, 3.63) is 106 Å². The van der Waals surface area contributed by atoms with E-state index in [-0.39, 0.29) is 67.5 Å². The van der Waals surface area contributed by atoms with Gasteiger partial charge in [-0.25, -0.2) is 0 Å². The molecule has 7 unspecified atom stereocenters. The van der Waals surface area contributed by atoms with E-state index in [1.807, 2.05) is 38.2 Å². The number of nitrogens with zero attached hydrogens (tertiary/aromatic N) is 1. The SMILES string of the molecule is CCNCOc1cc(OCCNC)c2c3c1C(O)Nc1cc4c(c(c1-3)CC2)C(O)C(c1cc(OC)c(O)c(OCC(CO)C23CCCC(C5(N6C(=O)C=CC6=O)CCCCC5)C2C=Cc2ccccc23)c1)CO4. The molecule has 2 fully saturated rings. The molecule has 3 heterocycles. The standard InChI is InChI=1S/C58H68N4O11/c1-4-60-32-73-45-28-43(70-24-23-59-2)36-15-16-37-50-42(61-56(68)53(45)52(36)50)27-44-51(37)54(66)38(31-72-44)34-25-46(69-3)55(67)47(26-34)71-30-35(29-63)58-22-10-13-40(41(58)17-14-33-11-6-7-12-39(33)58)57(20-8-5-9-21-57)62-48(64)18-19-49(62)65/h6-7,11-12,14,17-19,25-28,35,38,40-41,54,56,59-61,63,66-68H,4-5,8-10,13,15-16,20-24,29-32H2,1-3H3. The number of allylic oxidation sites excluding steroid dienone is 1. The largest absolute Gasteiger partial charge is 0.502 e. The quantitative estimate of drug-likeness (QED) is 0.0315. The van der Waals surface area contributed by atoms with Crippen molar-refractivity contribution in [2.45, 2.75) is 100 Å². The van der Waals surface area contributed by atoms with Crippen LogP contribution >= 0.6 is 0 Å². The number of aliphatic hydroxyl groups is 3. The van der Waals surface area contributed by atoms with Crippen LogP contribution in [0, 0.1) is 17.8 Å². The molecule has 3 aliphatic heterocycles. The molecule has 0 aromatic heterocycles. The number of imide groups is 1. The summed E-state index contributed by atoms with van der Waals surface area (Å²) >= 11 is 0. The molecular weight excluding hydrogens is 929 g/mol. The highest BCUT2D eigenvalue weighted by atomic mass is 16.5. The molecule has 0 radical (unpaired) electrons.